The molecule has 2 nitrogen and oxygen atoms in total. The van der Waals surface area contributed by atoms with E-state index < -0.39 is 0 Å². The molecular weight excluding hydrogens is 332 g/mol. The van der Waals surface area contributed by atoms with Crippen molar-refractivity contribution >= 4 is 33.4 Å². The summed E-state index contributed by atoms with van der Waals surface area (Å²) in [7, 11) is 0. The third kappa shape index (κ3) is 3.92. The standard InChI is InChI=1S/C16H25BrN2S/c1-11(2)18-10-14-5-6-15(17)9-16(14)19-7-8-20-13(4)12(19)3/h5-6,9,11-13,18H,7-8,10H2,1-4H3. The van der Waals surface area contributed by atoms with Crippen molar-refractivity contribution in [2.45, 2.75) is 51.6 Å². The zero-order valence-electron chi connectivity index (χ0n) is 12.8. The largest absolute Gasteiger partial charge is 0.367 e. The molecule has 0 spiro atoms. The normalized spacial score (nSPS) is 23.4. The Kier molecular flexibility index (Phi) is 5.82. The van der Waals surface area contributed by atoms with E-state index in [2.05, 4.69) is 83.8 Å². The maximum absolute atomic E-state index is 3.63. The molecule has 1 aromatic rings. The maximum atomic E-state index is 3.63. The minimum absolute atomic E-state index is 0.514. The Balaban J connectivity index is 2.26. The van der Waals surface area contributed by atoms with Crippen LogP contribution in [-0.2, 0) is 6.54 Å². The first-order valence-corrected chi connectivity index (χ1v) is 9.23. The molecule has 2 rings (SSSR count). The zero-order valence-corrected chi connectivity index (χ0v) is 15.2. The van der Waals surface area contributed by atoms with Crippen molar-refractivity contribution in [1.82, 2.24) is 5.32 Å². The molecular formula is C16H25BrN2S. The van der Waals surface area contributed by atoms with Gasteiger partial charge in [-0.1, -0.05) is 42.8 Å². The highest BCUT2D eigenvalue weighted by atomic mass is 79.9. The molecule has 1 N–H and O–H groups in total. The van der Waals surface area contributed by atoms with Crippen molar-refractivity contribution < 1.29 is 0 Å². The van der Waals surface area contributed by atoms with Crippen LogP contribution < -0.4 is 10.2 Å². The quantitative estimate of drug-likeness (QED) is 0.866. The number of halogens is 1. The average molecular weight is 357 g/mol. The Bertz CT molecular complexity index is 450. The zero-order chi connectivity index (χ0) is 14.7. The van der Waals surface area contributed by atoms with Crippen LogP contribution in [0.2, 0.25) is 0 Å². The summed E-state index contributed by atoms with van der Waals surface area (Å²) in [6, 6.07) is 7.76. The number of thioether (sulfide) groups is 1. The fourth-order valence-corrected chi connectivity index (χ4v) is 3.99. The van der Waals surface area contributed by atoms with Gasteiger partial charge in [-0.05, 0) is 24.6 Å². The van der Waals surface area contributed by atoms with Crippen molar-refractivity contribution in [2.75, 3.05) is 17.2 Å². The molecule has 4 heteroatoms. The van der Waals surface area contributed by atoms with Crippen LogP contribution in [0.4, 0.5) is 5.69 Å². The van der Waals surface area contributed by atoms with Crippen LogP contribution in [0.15, 0.2) is 22.7 Å². The lowest BCUT2D eigenvalue weighted by Crippen LogP contribution is -2.45. The SMILES string of the molecule is CC(C)NCc1ccc(Br)cc1N1CCSC(C)C1C. The monoisotopic (exact) mass is 356 g/mol. The van der Waals surface area contributed by atoms with E-state index >= 15 is 0 Å². The van der Waals surface area contributed by atoms with E-state index in [4.69, 9.17) is 0 Å². The molecule has 1 aliphatic heterocycles. The molecule has 1 heterocycles. The third-order valence-corrected chi connectivity index (χ3v) is 5.77. The lowest BCUT2D eigenvalue weighted by Gasteiger charge is -2.40. The van der Waals surface area contributed by atoms with Crippen LogP contribution in [0, 0.1) is 0 Å². The highest BCUT2D eigenvalue weighted by Gasteiger charge is 2.26. The van der Waals surface area contributed by atoms with Gasteiger partial charge in [0.05, 0.1) is 0 Å². The first-order chi connectivity index (χ1) is 9.49. The Morgan fingerprint density at radius 2 is 2.15 bits per heavy atom. The third-order valence-electron chi connectivity index (χ3n) is 3.94. The van der Waals surface area contributed by atoms with Crippen molar-refractivity contribution in [2.24, 2.45) is 0 Å². The molecule has 0 amide bonds. The molecule has 1 aromatic carbocycles. The van der Waals surface area contributed by atoms with Crippen molar-refractivity contribution in [3.63, 3.8) is 0 Å². The van der Waals surface area contributed by atoms with Crippen molar-refractivity contribution in [3.05, 3.63) is 28.2 Å². The summed E-state index contributed by atoms with van der Waals surface area (Å²) in [4.78, 5) is 2.57. The number of rotatable bonds is 4. The van der Waals surface area contributed by atoms with Gasteiger partial charge in [-0.3, -0.25) is 0 Å². The Morgan fingerprint density at radius 1 is 1.40 bits per heavy atom. The summed E-state index contributed by atoms with van der Waals surface area (Å²) < 4.78 is 1.17. The van der Waals surface area contributed by atoms with Gasteiger partial charge in [0.1, 0.15) is 0 Å². The van der Waals surface area contributed by atoms with Gasteiger partial charge in [0.25, 0.3) is 0 Å². The molecule has 2 atom stereocenters. The lowest BCUT2D eigenvalue weighted by atomic mass is 10.1. The number of nitrogens with one attached hydrogen (secondary N) is 1. The fourth-order valence-electron chi connectivity index (χ4n) is 2.54. The second kappa shape index (κ2) is 7.19. The molecule has 0 bridgehead atoms. The molecule has 0 aromatic heterocycles. The van der Waals surface area contributed by atoms with Gasteiger partial charge in [-0.2, -0.15) is 11.8 Å². The van der Waals surface area contributed by atoms with Crippen LogP contribution in [0.25, 0.3) is 0 Å². The maximum Gasteiger partial charge on any atom is 0.0426 e. The highest BCUT2D eigenvalue weighted by Crippen LogP contribution is 2.33. The molecule has 0 radical (unpaired) electrons. The van der Waals surface area contributed by atoms with E-state index in [9.17, 15) is 0 Å². The summed E-state index contributed by atoms with van der Waals surface area (Å²) in [6.07, 6.45) is 0. The van der Waals surface area contributed by atoms with Gasteiger partial charge in [0, 0.05) is 46.3 Å². The molecule has 1 saturated heterocycles. The first-order valence-electron chi connectivity index (χ1n) is 7.39. The smallest absolute Gasteiger partial charge is 0.0426 e. The molecule has 0 aliphatic carbocycles. The second-order valence-corrected chi connectivity index (χ2v) is 8.22. The minimum atomic E-state index is 0.514. The van der Waals surface area contributed by atoms with E-state index in [0.717, 1.165) is 13.1 Å². The van der Waals surface area contributed by atoms with Gasteiger partial charge < -0.3 is 10.2 Å². The Labute approximate surface area is 135 Å². The molecule has 0 saturated carbocycles. The van der Waals surface area contributed by atoms with Crippen LogP contribution in [0.3, 0.4) is 0 Å². The first kappa shape index (κ1) is 16.2. The van der Waals surface area contributed by atoms with Crippen LogP contribution in [0.5, 0.6) is 0 Å². The topological polar surface area (TPSA) is 15.3 Å². The van der Waals surface area contributed by atoms with Crippen LogP contribution in [-0.4, -0.2) is 29.6 Å². The number of hydrogen-bond donors (Lipinski definition) is 1. The lowest BCUT2D eigenvalue weighted by molar-refractivity contribution is 0.581. The van der Waals surface area contributed by atoms with E-state index in [1.807, 2.05) is 0 Å². The molecule has 112 valence electrons. The van der Waals surface area contributed by atoms with Gasteiger partial charge in [0.15, 0.2) is 0 Å². The summed E-state index contributed by atoms with van der Waals surface area (Å²) in [5, 5.41) is 4.23. The van der Waals surface area contributed by atoms with E-state index in [-0.39, 0.29) is 0 Å². The van der Waals surface area contributed by atoms with Gasteiger partial charge in [0.2, 0.25) is 0 Å². The van der Waals surface area contributed by atoms with E-state index in [1.165, 1.54) is 21.5 Å². The van der Waals surface area contributed by atoms with Crippen molar-refractivity contribution in [3.8, 4) is 0 Å². The van der Waals surface area contributed by atoms with Crippen LogP contribution in [0.1, 0.15) is 33.3 Å². The predicted molar refractivity (Wildman–Crippen MR) is 94.8 cm³/mol. The molecule has 1 fully saturated rings. The highest BCUT2D eigenvalue weighted by molar-refractivity contribution is 9.10. The van der Waals surface area contributed by atoms with E-state index in [0.29, 0.717) is 17.3 Å². The van der Waals surface area contributed by atoms with E-state index in [1.54, 1.807) is 0 Å². The summed E-state index contributed by atoms with van der Waals surface area (Å²) in [5.74, 6) is 1.22. The Hall–Kier alpha value is -0.190. The second-order valence-electron chi connectivity index (χ2n) is 5.82. The number of anilines is 1. The average Bonchev–Trinajstić information content (AvgIpc) is 2.40. The Morgan fingerprint density at radius 3 is 2.85 bits per heavy atom. The number of nitrogens with zero attached hydrogens (tertiary/aromatic N) is 1. The summed E-state index contributed by atoms with van der Waals surface area (Å²) in [5.41, 5.74) is 2.78. The van der Waals surface area contributed by atoms with Crippen molar-refractivity contribution in [1.29, 1.82) is 0 Å². The summed E-state index contributed by atoms with van der Waals surface area (Å²) in [6.45, 7) is 11.1. The number of benzene rings is 1. The molecule has 1 aliphatic rings. The predicted octanol–water partition coefficient (Wildman–Crippen LogP) is 4.28. The van der Waals surface area contributed by atoms with Crippen LogP contribution >= 0.6 is 27.7 Å². The minimum Gasteiger partial charge on any atom is -0.367 e. The summed E-state index contributed by atoms with van der Waals surface area (Å²) >= 11 is 5.71. The van der Waals surface area contributed by atoms with Gasteiger partial charge in [-0.15, -0.1) is 0 Å². The fraction of sp³-hybridized carbons (Fsp3) is 0.625. The molecule has 20 heavy (non-hydrogen) atoms. The van der Waals surface area contributed by atoms with Gasteiger partial charge in [-0.25, -0.2) is 0 Å². The molecule has 2 unspecified atom stereocenters. The van der Waals surface area contributed by atoms with Gasteiger partial charge >= 0.3 is 0 Å². The number of hydrogen-bond acceptors (Lipinski definition) is 3.